The van der Waals surface area contributed by atoms with E-state index in [1.165, 1.54) is 128 Å². The van der Waals surface area contributed by atoms with Crippen LogP contribution in [0, 0.1) is 0 Å². The van der Waals surface area contributed by atoms with E-state index in [0.717, 1.165) is 167 Å². The molecule has 0 aromatic carbocycles. The van der Waals surface area contributed by atoms with Gasteiger partial charge in [-0.15, -0.1) is 0 Å². The lowest BCUT2D eigenvalue weighted by Gasteiger charge is -2.21. The van der Waals surface area contributed by atoms with Gasteiger partial charge in [0.15, 0.2) is 6.10 Å². The van der Waals surface area contributed by atoms with E-state index < -0.39 is 91.5 Å². The van der Waals surface area contributed by atoms with E-state index in [9.17, 15) is 43.5 Å². The number of phosphoric ester groups is 2. The van der Waals surface area contributed by atoms with Crippen molar-refractivity contribution < 1.29 is 75.8 Å². The fourth-order valence-corrected chi connectivity index (χ4v) is 13.1. The third-order valence-corrected chi connectivity index (χ3v) is 19.9. The summed E-state index contributed by atoms with van der Waals surface area (Å²) in [7, 11) is -9.81. The van der Waals surface area contributed by atoms with Crippen LogP contribution in [0.25, 0.3) is 0 Å². The molecule has 0 aromatic rings. The summed E-state index contributed by atoms with van der Waals surface area (Å²) in [5.41, 5.74) is 0. The number of hydrogen-bond donors (Lipinski definition) is 4. The van der Waals surface area contributed by atoms with Gasteiger partial charge < -0.3 is 34.2 Å². The number of rotatable bonds is 81. The highest BCUT2D eigenvalue weighted by atomic mass is 31.2. The molecule has 0 heterocycles. The predicted octanol–water partition coefficient (Wildman–Crippen LogP) is 26.0. The van der Waals surface area contributed by atoms with E-state index in [-0.39, 0.29) is 19.3 Å². The van der Waals surface area contributed by atoms with Gasteiger partial charge in [-0.05, 0) is 148 Å². The van der Waals surface area contributed by atoms with Crippen molar-refractivity contribution in [3.63, 3.8) is 0 Å². The molecule has 0 aliphatic heterocycles. The van der Waals surface area contributed by atoms with Crippen molar-refractivity contribution >= 4 is 33.6 Å². The zero-order chi connectivity index (χ0) is 79.4. The van der Waals surface area contributed by atoms with E-state index >= 15 is 0 Å². The summed E-state index contributed by atoms with van der Waals surface area (Å²) in [6.07, 6.45) is 103. The second kappa shape index (κ2) is 82.9. The molecule has 0 aromatic heterocycles. The molecule has 0 saturated heterocycles. The number of phosphoric acid groups is 2. The molecule has 0 spiro atoms. The Morgan fingerprint density at radius 2 is 0.486 bits per heavy atom. The second-order valence-corrected chi connectivity index (χ2v) is 31.5. The van der Waals surface area contributed by atoms with E-state index in [1.807, 2.05) is 0 Å². The van der Waals surface area contributed by atoms with Crippen LogP contribution in [0.3, 0.4) is 0 Å². The molecule has 0 bridgehead atoms. The summed E-state index contributed by atoms with van der Waals surface area (Å²) in [5, 5.41) is 20.7. The van der Waals surface area contributed by atoms with Crippen LogP contribution < -0.4 is 0 Å². The zero-order valence-electron chi connectivity index (χ0n) is 68.7. The van der Waals surface area contributed by atoms with E-state index in [4.69, 9.17) is 32.3 Å². The minimum absolute atomic E-state index is 0.0867. The lowest BCUT2D eigenvalue weighted by Crippen LogP contribution is -2.30. The average Bonchev–Trinajstić information content (AvgIpc) is 0.947. The molecule has 5 atom stereocenters. The van der Waals surface area contributed by atoms with Crippen LogP contribution in [0.5, 0.6) is 0 Å². The number of aliphatic hydroxyl groups is 2. The van der Waals surface area contributed by atoms with Crippen molar-refractivity contribution in [1.29, 1.82) is 0 Å². The van der Waals surface area contributed by atoms with Crippen molar-refractivity contribution in [2.45, 2.75) is 373 Å². The SMILES string of the molecule is CC/C=C\C/C=C\C/C=C\C/C=C\C/C=C\CCCCCCCCCCCCCC(=O)OCC(O)COP(=O)(O)OCC(O)COP(=O)(O)OCC(COC(=O)CCCCCCCCCCCCC/C=C\C/C=C\C/C=C\C/C=C\CCCCC)OC(=O)CCCCCCCC/C=C\C/C=C\C/C=C\CCCCC. The summed E-state index contributed by atoms with van der Waals surface area (Å²) in [4.78, 5) is 58.9. The number of hydrogen-bond acceptors (Lipinski definition) is 14. The first-order valence-corrected chi connectivity index (χ1v) is 46.1. The Bertz CT molecular complexity index is 2560. The van der Waals surface area contributed by atoms with Gasteiger partial charge >= 0.3 is 33.6 Å². The fourth-order valence-electron chi connectivity index (χ4n) is 11.5. The summed E-state index contributed by atoms with van der Waals surface area (Å²) in [5.74, 6) is -1.59. The van der Waals surface area contributed by atoms with Crippen LogP contribution in [0.4, 0.5) is 0 Å². The summed E-state index contributed by atoms with van der Waals surface area (Å²) in [6.45, 7) is 2.52. The van der Waals surface area contributed by atoms with Crippen LogP contribution in [0.15, 0.2) is 146 Å². The minimum atomic E-state index is -4.94. The van der Waals surface area contributed by atoms with Crippen molar-refractivity contribution in [3.8, 4) is 0 Å². The first-order chi connectivity index (χ1) is 53.2. The Morgan fingerprint density at radius 3 is 0.771 bits per heavy atom. The van der Waals surface area contributed by atoms with Crippen molar-refractivity contribution in [2.24, 2.45) is 0 Å². The Morgan fingerprint density at radius 1 is 0.266 bits per heavy atom. The number of unbranched alkanes of at least 4 members (excludes halogenated alkanes) is 34. The Balaban J connectivity index is 4.63. The van der Waals surface area contributed by atoms with Crippen LogP contribution in [0.1, 0.15) is 355 Å². The molecule has 0 aliphatic carbocycles. The molecular formula is C91H156O16P2. The summed E-state index contributed by atoms with van der Waals surface area (Å²) < 4.78 is 61.4. The van der Waals surface area contributed by atoms with Crippen LogP contribution >= 0.6 is 15.6 Å². The smallest absolute Gasteiger partial charge is 0.463 e. The number of aliphatic hydroxyl groups excluding tert-OH is 2. The van der Waals surface area contributed by atoms with E-state index in [1.54, 1.807) is 0 Å². The Labute approximate surface area is 664 Å². The zero-order valence-corrected chi connectivity index (χ0v) is 70.5. The van der Waals surface area contributed by atoms with Crippen molar-refractivity contribution in [1.82, 2.24) is 0 Å². The maximum atomic E-state index is 13.0. The third-order valence-electron chi connectivity index (χ3n) is 18.0. The maximum absolute atomic E-state index is 13.0. The lowest BCUT2D eigenvalue weighted by molar-refractivity contribution is -0.161. The van der Waals surface area contributed by atoms with Gasteiger partial charge in [0.05, 0.1) is 26.4 Å². The number of carbonyl (C=O) groups excluding carboxylic acids is 3. The normalized spacial score (nSPS) is 14.6. The van der Waals surface area contributed by atoms with Gasteiger partial charge in [0.2, 0.25) is 0 Å². The molecule has 0 radical (unpaired) electrons. The average molecular weight is 1570 g/mol. The van der Waals surface area contributed by atoms with E-state index in [2.05, 4.69) is 167 Å². The highest BCUT2D eigenvalue weighted by Crippen LogP contribution is 2.45. The molecule has 0 rings (SSSR count). The molecule has 626 valence electrons. The monoisotopic (exact) mass is 1570 g/mol. The largest absolute Gasteiger partial charge is 0.472 e. The number of carbonyl (C=O) groups is 3. The minimum Gasteiger partial charge on any atom is -0.463 e. The molecule has 18 heteroatoms. The highest BCUT2D eigenvalue weighted by molar-refractivity contribution is 7.47. The predicted molar refractivity (Wildman–Crippen MR) is 454 cm³/mol. The Hall–Kier alpha value is -4.57. The quantitative estimate of drug-likeness (QED) is 0.0146. The molecule has 0 amide bonds. The molecule has 0 aliphatic rings. The van der Waals surface area contributed by atoms with Gasteiger partial charge in [-0.1, -0.05) is 334 Å². The lowest BCUT2D eigenvalue weighted by atomic mass is 10.0. The summed E-state index contributed by atoms with van der Waals surface area (Å²) >= 11 is 0. The Kier molecular flexibility index (Phi) is 79.4. The second-order valence-electron chi connectivity index (χ2n) is 28.6. The maximum Gasteiger partial charge on any atom is 0.472 e. The number of allylic oxidation sites excluding steroid dienone is 24. The highest BCUT2D eigenvalue weighted by Gasteiger charge is 2.29. The third kappa shape index (κ3) is 84.2. The molecule has 16 nitrogen and oxygen atoms in total. The van der Waals surface area contributed by atoms with Crippen LogP contribution in [0.2, 0.25) is 0 Å². The number of ether oxygens (including phenoxy) is 3. The first-order valence-electron chi connectivity index (χ1n) is 43.1. The van der Waals surface area contributed by atoms with Crippen molar-refractivity contribution in [2.75, 3.05) is 39.6 Å². The number of esters is 3. The molecule has 5 unspecified atom stereocenters. The molecule has 4 N–H and O–H groups in total. The van der Waals surface area contributed by atoms with Gasteiger partial charge in [-0.2, -0.15) is 0 Å². The van der Waals surface area contributed by atoms with Gasteiger partial charge in [-0.25, -0.2) is 9.13 Å². The summed E-state index contributed by atoms with van der Waals surface area (Å²) in [6, 6.07) is 0. The van der Waals surface area contributed by atoms with Crippen LogP contribution in [-0.2, 0) is 55.8 Å². The molecule has 109 heavy (non-hydrogen) atoms. The topological polar surface area (TPSA) is 231 Å². The van der Waals surface area contributed by atoms with Gasteiger partial charge in [0.25, 0.3) is 0 Å². The van der Waals surface area contributed by atoms with Gasteiger partial charge in [0.1, 0.15) is 25.4 Å². The first kappa shape index (κ1) is 104. The van der Waals surface area contributed by atoms with Gasteiger partial charge in [-0.3, -0.25) is 32.5 Å². The molecule has 0 saturated carbocycles. The van der Waals surface area contributed by atoms with Crippen LogP contribution in [-0.4, -0.2) is 95.9 Å². The molecular weight excluding hydrogens is 1410 g/mol. The standard InChI is InChI=1S/C91H156O16P2/c1-4-7-10-13-16-19-22-25-28-31-34-36-38-40-42-44-46-48-51-53-56-59-62-65-68-71-74-77-89(94)101-80-86(92)81-103-108(97,98)104-82-87(93)83-105-109(99,100)106-85-88(107-91(96)79-76-73-70-67-64-61-58-55-50-33-30-27-24-21-18-15-12-9-6-3)84-102-90(95)78-75-72-69-66-63-60-57-54-52-49-47-45-43-41-39-37-35-32-29-26-23-20-17-14-11-8-5-2/h7,10,16-21,25-30,34-37,40-43,50,55,86-88,92-93H,4-6,8-9,11-15,22-24,31-33,38-39,44-49,51-54,56-85H2,1-3H3,(H,97,98)(H,99,100)/b10-7-,19-16-,20-17-,21-18-,28-25-,29-26-,30-27-,36-34-,37-35-,42-40-,43-41-,55-50-. The van der Waals surface area contributed by atoms with E-state index in [0.29, 0.717) is 19.3 Å². The van der Waals surface area contributed by atoms with Gasteiger partial charge in [0, 0.05) is 19.3 Å². The molecule has 0 fully saturated rings. The fraction of sp³-hybridized carbons (Fsp3) is 0.703. The van der Waals surface area contributed by atoms with Crippen molar-refractivity contribution in [3.05, 3.63) is 146 Å².